The topological polar surface area (TPSA) is 165 Å². The third-order valence-corrected chi connectivity index (χ3v) is 9.03. The van der Waals surface area contributed by atoms with Crippen LogP contribution in [0.15, 0.2) is 60.8 Å². The molecule has 4 rings (SSSR count). The second kappa shape index (κ2) is 16.4. The number of alkyl halides is 3. The summed E-state index contributed by atoms with van der Waals surface area (Å²) in [5.41, 5.74) is -6.15. The monoisotopic (exact) mass is 760 g/mol. The Morgan fingerprint density at radius 3 is 2.20 bits per heavy atom. The molecule has 1 fully saturated rings. The first kappa shape index (κ1) is 41.6. The van der Waals surface area contributed by atoms with E-state index < -0.39 is 64.6 Å². The van der Waals surface area contributed by atoms with Gasteiger partial charge in [-0.1, -0.05) is 47.7 Å². The summed E-state index contributed by atoms with van der Waals surface area (Å²) in [4.78, 5) is 57.0. The first-order chi connectivity index (χ1) is 25.2. The Kier molecular flexibility index (Phi) is 12.7. The molecule has 2 aromatic carbocycles. The molecule has 294 valence electrons. The minimum absolute atomic E-state index is 0.0265. The van der Waals surface area contributed by atoms with Crippen molar-refractivity contribution in [2.45, 2.75) is 102 Å². The van der Waals surface area contributed by atoms with Gasteiger partial charge >= 0.3 is 23.8 Å². The van der Waals surface area contributed by atoms with E-state index in [9.17, 15) is 37.5 Å². The number of nitrogens with one attached hydrogen (secondary N) is 1. The average Bonchev–Trinajstić information content (AvgIpc) is 3.80. The van der Waals surface area contributed by atoms with Gasteiger partial charge in [-0.15, -0.1) is 5.10 Å². The highest BCUT2D eigenvalue weighted by Gasteiger charge is 2.64. The number of aromatic nitrogens is 3. The standard InChI is InChI=1S/C37H47F3N6O8/c1-34(2,3)54-33(50)45-19-11-14-28(45)30(47)46(21-25-15-17-27(52-6)18-16-25)35(4,5)31(48)41-26(20-24-12-9-8-10-13-24)22-44-23-29(42-43-44)36(51,32(49)53-7)37(38,39)40/h8-10,12-13,15-18,23,26,28,51H,11,14,19-22H2,1-7H3,(H,41,48)/t26-,28+,36?/m1/s1. The number of likely N-dealkylation sites (tertiary alicyclic amines) is 1. The molecule has 14 nitrogen and oxygen atoms in total. The zero-order valence-electron chi connectivity index (χ0n) is 31.3. The average molecular weight is 761 g/mol. The van der Waals surface area contributed by atoms with Gasteiger partial charge in [-0.05, 0) is 77.1 Å². The zero-order chi connectivity index (χ0) is 40.1. The van der Waals surface area contributed by atoms with Gasteiger partial charge in [0.1, 0.15) is 28.6 Å². The maximum atomic E-state index is 14.5. The van der Waals surface area contributed by atoms with Crippen molar-refractivity contribution in [1.29, 1.82) is 0 Å². The van der Waals surface area contributed by atoms with Gasteiger partial charge in [0.2, 0.25) is 11.8 Å². The number of hydrogen-bond acceptors (Lipinski definition) is 10. The van der Waals surface area contributed by atoms with E-state index >= 15 is 0 Å². The summed E-state index contributed by atoms with van der Waals surface area (Å²) in [6.07, 6.45) is -4.33. The van der Waals surface area contributed by atoms with Crippen LogP contribution in [-0.2, 0) is 49.0 Å². The van der Waals surface area contributed by atoms with E-state index in [4.69, 9.17) is 9.47 Å². The number of aliphatic hydroxyl groups is 1. The number of carbonyl (C=O) groups is 4. The van der Waals surface area contributed by atoms with Gasteiger partial charge in [0.05, 0.1) is 33.0 Å². The molecule has 1 aliphatic heterocycles. The SMILES string of the molecule is COC(=O)C(O)(c1cn(C[C@@H](Cc2ccccc2)NC(=O)C(C)(C)N(Cc2ccc(OC)cc2)C(=O)[C@@H]2CCCN2C(=O)OC(C)(C)C)nn1)C(F)(F)F. The molecular formula is C37H47F3N6O8. The number of benzene rings is 2. The summed E-state index contributed by atoms with van der Waals surface area (Å²) in [5, 5.41) is 20.5. The van der Waals surface area contributed by atoms with Gasteiger partial charge < -0.3 is 29.5 Å². The molecule has 0 saturated carbocycles. The van der Waals surface area contributed by atoms with Crippen LogP contribution in [0.25, 0.3) is 0 Å². The minimum Gasteiger partial charge on any atom is -0.497 e. The number of esters is 1. The predicted molar refractivity (Wildman–Crippen MR) is 188 cm³/mol. The van der Waals surface area contributed by atoms with E-state index in [1.807, 2.05) is 0 Å². The Labute approximate surface area is 311 Å². The van der Waals surface area contributed by atoms with Crippen LogP contribution in [0.4, 0.5) is 18.0 Å². The number of nitrogens with zero attached hydrogens (tertiary/aromatic N) is 5. The molecule has 0 aliphatic carbocycles. The van der Waals surface area contributed by atoms with Crippen molar-refractivity contribution in [1.82, 2.24) is 30.1 Å². The highest BCUT2D eigenvalue weighted by Crippen LogP contribution is 2.39. The Morgan fingerprint density at radius 2 is 1.63 bits per heavy atom. The lowest BCUT2D eigenvalue weighted by Gasteiger charge is -2.41. The molecule has 3 atom stereocenters. The normalized spacial score (nSPS) is 16.6. The first-order valence-corrected chi connectivity index (χ1v) is 17.3. The third-order valence-electron chi connectivity index (χ3n) is 9.03. The Morgan fingerprint density at radius 1 is 0.981 bits per heavy atom. The maximum absolute atomic E-state index is 14.5. The summed E-state index contributed by atoms with van der Waals surface area (Å²) in [6, 6.07) is 14.1. The predicted octanol–water partition coefficient (Wildman–Crippen LogP) is 4.14. The summed E-state index contributed by atoms with van der Waals surface area (Å²) in [7, 11) is 2.21. The van der Waals surface area contributed by atoms with Crippen LogP contribution in [0.2, 0.25) is 0 Å². The van der Waals surface area contributed by atoms with Crippen LogP contribution < -0.4 is 10.1 Å². The van der Waals surface area contributed by atoms with Crippen molar-refractivity contribution in [3.8, 4) is 5.75 Å². The maximum Gasteiger partial charge on any atom is 0.434 e. The highest BCUT2D eigenvalue weighted by molar-refractivity contribution is 5.94. The number of halogens is 3. The number of amides is 3. The molecule has 1 unspecified atom stereocenters. The third kappa shape index (κ3) is 9.48. The van der Waals surface area contributed by atoms with Crippen LogP contribution in [0.5, 0.6) is 5.75 Å². The molecule has 3 amide bonds. The Balaban J connectivity index is 1.68. The van der Waals surface area contributed by atoms with Gasteiger partial charge in [0, 0.05) is 13.1 Å². The van der Waals surface area contributed by atoms with Gasteiger partial charge in [-0.25, -0.2) is 9.59 Å². The second-order valence-electron chi connectivity index (χ2n) is 14.5. The fraction of sp³-hybridized carbons (Fsp3) is 0.514. The zero-order valence-corrected chi connectivity index (χ0v) is 31.3. The van der Waals surface area contributed by atoms with E-state index in [-0.39, 0.29) is 26.1 Å². The van der Waals surface area contributed by atoms with Gasteiger partial charge in [0.25, 0.3) is 0 Å². The summed E-state index contributed by atoms with van der Waals surface area (Å²) in [5.74, 6) is -2.51. The molecule has 17 heteroatoms. The number of hydrogen-bond donors (Lipinski definition) is 2. The van der Waals surface area contributed by atoms with E-state index in [0.717, 1.165) is 16.4 Å². The van der Waals surface area contributed by atoms with Crippen LogP contribution in [0, 0.1) is 0 Å². The van der Waals surface area contributed by atoms with Gasteiger partial charge in [0.15, 0.2) is 0 Å². The van der Waals surface area contributed by atoms with Crippen molar-refractivity contribution < 1.29 is 51.7 Å². The molecule has 1 aliphatic rings. The van der Waals surface area contributed by atoms with Crippen molar-refractivity contribution in [2.24, 2.45) is 0 Å². The number of methoxy groups -OCH3 is 2. The van der Waals surface area contributed by atoms with Crippen molar-refractivity contribution in [3.05, 3.63) is 77.6 Å². The van der Waals surface area contributed by atoms with Crippen molar-refractivity contribution in [3.63, 3.8) is 0 Å². The van der Waals surface area contributed by atoms with E-state index in [2.05, 4.69) is 20.4 Å². The minimum atomic E-state index is -5.49. The van der Waals surface area contributed by atoms with Gasteiger partial charge in [-0.2, -0.15) is 13.2 Å². The summed E-state index contributed by atoms with van der Waals surface area (Å²) < 4.78 is 57.8. The number of carbonyl (C=O) groups excluding carboxylic acids is 4. The van der Waals surface area contributed by atoms with E-state index in [1.54, 1.807) is 89.2 Å². The lowest BCUT2D eigenvalue weighted by molar-refractivity contribution is -0.268. The first-order valence-electron chi connectivity index (χ1n) is 17.3. The largest absolute Gasteiger partial charge is 0.497 e. The second-order valence-corrected chi connectivity index (χ2v) is 14.5. The fourth-order valence-corrected chi connectivity index (χ4v) is 6.04. The molecule has 0 spiro atoms. The quantitative estimate of drug-likeness (QED) is 0.242. The molecule has 2 heterocycles. The molecule has 54 heavy (non-hydrogen) atoms. The van der Waals surface area contributed by atoms with E-state index in [1.165, 1.54) is 16.9 Å². The van der Waals surface area contributed by atoms with Crippen LogP contribution in [-0.4, -0.2) is 104 Å². The summed E-state index contributed by atoms with van der Waals surface area (Å²) in [6.45, 7) is 8.30. The Hall–Kier alpha value is -5.19. The van der Waals surface area contributed by atoms with Gasteiger partial charge in [-0.3, -0.25) is 19.2 Å². The number of ether oxygens (including phenoxy) is 3. The Bertz CT molecular complexity index is 1780. The van der Waals surface area contributed by atoms with Crippen LogP contribution in [0.1, 0.15) is 64.3 Å². The molecule has 1 aromatic heterocycles. The van der Waals surface area contributed by atoms with Crippen LogP contribution >= 0.6 is 0 Å². The lowest BCUT2D eigenvalue weighted by atomic mass is 9.96. The smallest absolute Gasteiger partial charge is 0.434 e. The van der Waals surface area contributed by atoms with E-state index in [0.29, 0.717) is 31.3 Å². The molecule has 1 saturated heterocycles. The highest BCUT2D eigenvalue weighted by atomic mass is 19.4. The molecule has 2 N–H and O–H groups in total. The summed E-state index contributed by atoms with van der Waals surface area (Å²) >= 11 is 0. The molecule has 3 aromatic rings. The van der Waals surface area contributed by atoms with Crippen LogP contribution in [0.3, 0.4) is 0 Å². The lowest BCUT2D eigenvalue weighted by Crippen LogP contribution is -2.62. The molecular weight excluding hydrogens is 713 g/mol. The van der Waals surface area contributed by atoms with Crippen molar-refractivity contribution in [2.75, 3.05) is 20.8 Å². The molecule has 0 radical (unpaired) electrons. The molecule has 0 bridgehead atoms. The fourth-order valence-electron chi connectivity index (χ4n) is 6.04. The number of rotatable bonds is 13. The van der Waals surface area contributed by atoms with Crippen molar-refractivity contribution >= 4 is 23.9 Å².